The zero-order chi connectivity index (χ0) is 15.8. The highest BCUT2D eigenvalue weighted by Crippen LogP contribution is 2.30. The van der Waals surface area contributed by atoms with E-state index in [0.717, 1.165) is 44.6 Å². The first-order chi connectivity index (χ1) is 11.2. The summed E-state index contributed by atoms with van der Waals surface area (Å²) < 4.78 is 0.639. The van der Waals surface area contributed by atoms with Gasteiger partial charge in [0.2, 0.25) is 0 Å². The average Bonchev–Trinajstić information content (AvgIpc) is 3.26. The maximum Gasteiger partial charge on any atom is 0.261 e. The summed E-state index contributed by atoms with van der Waals surface area (Å²) in [6, 6.07) is 3.67. The third-order valence-electron chi connectivity index (χ3n) is 4.47. The van der Waals surface area contributed by atoms with Gasteiger partial charge in [0.15, 0.2) is 0 Å². The van der Waals surface area contributed by atoms with E-state index in [9.17, 15) is 4.79 Å². The summed E-state index contributed by atoms with van der Waals surface area (Å²) >= 11 is 7.21. The molecule has 2 aromatic rings. The van der Waals surface area contributed by atoms with Crippen molar-refractivity contribution in [2.75, 3.05) is 18.0 Å². The van der Waals surface area contributed by atoms with Gasteiger partial charge in [-0.15, -0.1) is 11.3 Å². The predicted octanol–water partition coefficient (Wildman–Crippen LogP) is 2.69. The molecule has 1 amide bonds. The number of thiophene rings is 1. The van der Waals surface area contributed by atoms with Crippen molar-refractivity contribution < 1.29 is 4.79 Å². The minimum absolute atomic E-state index is 0.0401. The van der Waals surface area contributed by atoms with Crippen LogP contribution < -0.4 is 10.2 Å². The van der Waals surface area contributed by atoms with E-state index in [0.29, 0.717) is 9.21 Å². The molecular formula is C16H17ClN4OS. The van der Waals surface area contributed by atoms with Crippen LogP contribution in [0.3, 0.4) is 0 Å². The van der Waals surface area contributed by atoms with Crippen LogP contribution in [0.5, 0.6) is 0 Å². The molecule has 0 saturated carbocycles. The summed E-state index contributed by atoms with van der Waals surface area (Å²) in [6.07, 6.45) is 5.88. The molecule has 4 rings (SSSR count). The van der Waals surface area contributed by atoms with Gasteiger partial charge in [-0.1, -0.05) is 11.6 Å². The van der Waals surface area contributed by atoms with Crippen LogP contribution in [-0.2, 0) is 12.8 Å². The molecule has 2 aromatic heterocycles. The van der Waals surface area contributed by atoms with Crippen LogP contribution in [0.15, 0.2) is 18.5 Å². The molecule has 120 valence electrons. The fourth-order valence-electron chi connectivity index (χ4n) is 3.38. The molecule has 1 saturated heterocycles. The van der Waals surface area contributed by atoms with E-state index in [1.807, 2.05) is 0 Å². The quantitative estimate of drug-likeness (QED) is 0.926. The van der Waals surface area contributed by atoms with Crippen molar-refractivity contribution in [1.29, 1.82) is 0 Å². The van der Waals surface area contributed by atoms with Crippen molar-refractivity contribution in [3.05, 3.63) is 38.9 Å². The van der Waals surface area contributed by atoms with Crippen LogP contribution in [0.25, 0.3) is 0 Å². The van der Waals surface area contributed by atoms with Crippen LogP contribution in [0.1, 0.15) is 33.8 Å². The van der Waals surface area contributed by atoms with Crippen molar-refractivity contribution in [2.45, 2.75) is 31.7 Å². The topological polar surface area (TPSA) is 58.1 Å². The van der Waals surface area contributed by atoms with Crippen LogP contribution in [-0.4, -0.2) is 35.0 Å². The molecule has 0 aromatic carbocycles. The molecule has 1 fully saturated rings. The van der Waals surface area contributed by atoms with Crippen LogP contribution in [0.4, 0.5) is 5.82 Å². The highest BCUT2D eigenvalue weighted by Gasteiger charge is 2.29. The number of halogens is 1. The largest absolute Gasteiger partial charge is 0.354 e. The van der Waals surface area contributed by atoms with Gasteiger partial charge in [-0.05, 0) is 37.8 Å². The molecule has 5 nitrogen and oxygen atoms in total. The minimum Gasteiger partial charge on any atom is -0.354 e. The number of carbonyl (C=O) groups excluding carboxylic acids is 1. The maximum atomic E-state index is 12.2. The number of rotatable bonds is 3. The fraction of sp³-hybridized carbons (Fsp3) is 0.438. The summed E-state index contributed by atoms with van der Waals surface area (Å²) in [7, 11) is 0. The Balaban J connectivity index is 1.44. The van der Waals surface area contributed by atoms with Gasteiger partial charge in [-0.2, -0.15) is 0 Å². The zero-order valence-electron chi connectivity index (χ0n) is 12.6. The van der Waals surface area contributed by atoms with Crippen molar-refractivity contribution in [1.82, 2.24) is 15.3 Å². The van der Waals surface area contributed by atoms with E-state index < -0.39 is 0 Å². The highest BCUT2D eigenvalue weighted by molar-refractivity contribution is 7.18. The lowest BCUT2D eigenvalue weighted by atomic mass is 10.2. The average molecular weight is 349 g/mol. The Labute approximate surface area is 143 Å². The first-order valence-electron chi connectivity index (χ1n) is 7.84. The van der Waals surface area contributed by atoms with Crippen LogP contribution in [0.2, 0.25) is 4.34 Å². The van der Waals surface area contributed by atoms with Crippen molar-refractivity contribution >= 4 is 34.7 Å². The summed E-state index contributed by atoms with van der Waals surface area (Å²) in [5.74, 6) is 1.02. The minimum atomic E-state index is -0.0401. The SMILES string of the molecule is O=C(NC1CCN(c2ncnc3c2CCC3)C1)c1ccc(Cl)s1. The summed E-state index contributed by atoms with van der Waals surface area (Å²) in [4.78, 5) is 24.1. The van der Waals surface area contributed by atoms with E-state index in [1.54, 1.807) is 18.5 Å². The lowest BCUT2D eigenvalue weighted by Gasteiger charge is -2.20. The second-order valence-corrected chi connectivity index (χ2v) is 7.70. The number of hydrogen-bond donors (Lipinski definition) is 1. The molecule has 7 heteroatoms. The van der Waals surface area contributed by atoms with Crippen LogP contribution >= 0.6 is 22.9 Å². The second-order valence-electron chi connectivity index (χ2n) is 5.98. The van der Waals surface area contributed by atoms with Gasteiger partial charge >= 0.3 is 0 Å². The van der Waals surface area contributed by atoms with E-state index >= 15 is 0 Å². The van der Waals surface area contributed by atoms with E-state index in [-0.39, 0.29) is 11.9 Å². The maximum absolute atomic E-state index is 12.2. The Kier molecular flexibility index (Phi) is 3.95. The number of nitrogens with one attached hydrogen (secondary N) is 1. The standard InChI is InChI=1S/C16H17ClN4OS/c17-14-5-4-13(23-14)16(22)20-10-6-7-21(8-10)15-11-2-1-3-12(11)18-9-19-15/h4-5,9-10H,1-3,6-8H2,(H,20,22). The smallest absolute Gasteiger partial charge is 0.261 e. The van der Waals surface area contributed by atoms with Crippen molar-refractivity contribution in [2.24, 2.45) is 0 Å². The van der Waals surface area contributed by atoms with Crippen molar-refractivity contribution in [3.63, 3.8) is 0 Å². The lowest BCUT2D eigenvalue weighted by Crippen LogP contribution is -2.37. The van der Waals surface area contributed by atoms with Gasteiger partial charge < -0.3 is 10.2 Å². The molecule has 1 atom stereocenters. The van der Waals surface area contributed by atoms with E-state index in [2.05, 4.69) is 20.2 Å². The van der Waals surface area contributed by atoms with E-state index in [1.165, 1.54) is 22.6 Å². The van der Waals surface area contributed by atoms with Gasteiger partial charge in [0.1, 0.15) is 12.1 Å². The third kappa shape index (κ3) is 2.93. The molecule has 3 heterocycles. The van der Waals surface area contributed by atoms with Gasteiger partial charge in [0, 0.05) is 30.4 Å². The molecule has 23 heavy (non-hydrogen) atoms. The summed E-state index contributed by atoms with van der Waals surface area (Å²) in [6.45, 7) is 1.72. The highest BCUT2D eigenvalue weighted by atomic mass is 35.5. The Bertz CT molecular complexity index is 747. The fourth-order valence-corrected chi connectivity index (χ4v) is 4.32. The number of amides is 1. The molecule has 0 spiro atoms. The molecule has 1 aliphatic heterocycles. The van der Waals surface area contributed by atoms with E-state index in [4.69, 9.17) is 11.6 Å². The first kappa shape index (κ1) is 14.9. The number of aryl methyl sites for hydroxylation is 1. The van der Waals surface area contributed by atoms with Crippen LogP contribution in [0, 0.1) is 0 Å². The first-order valence-corrected chi connectivity index (χ1v) is 9.04. The zero-order valence-corrected chi connectivity index (χ0v) is 14.2. The van der Waals surface area contributed by atoms with Crippen molar-refractivity contribution in [3.8, 4) is 0 Å². The Hall–Kier alpha value is -1.66. The molecule has 1 unspecified atom stereocenters. The summed E-state index contributed by atoms with van der Waals surface area (Å²) in [5.41, 5.74) is 2.49. The normalized spacial score (nSPS) is 19.9. The van der Waals surface area contributed by atoms with Gasteiger partial charge in [-0.25, -0.2) is 9.97 Å². The summed E-state index contributed by atoms with van der Waals surface area (Å²) in [5, 5.41) is 3.10. The van der Waals surface area contributed by atoms with Gasteiger partial charge in [0.25, 0.3) is 5.91 Å². The number of hydrogen-bond acceptors (Lipinski definition) is 5. The lowest BCUT2D eigenvalue weighted by molar-refractivity contribution is 0.0944. The second kappa shape index (κ2) is 6.09. The number of aromatic nitrogens is 2. The molecule has 2 aliphatic rings. The predicted molar refractivity (Wildman–Crippen MR) is 91.5 cm³/mol. The number of anilines is 1. The Morgan fingerprint density at radius 2 is 2.26 bits per heavy atom. The third-order valence-corrected chi connectivity index (χ3v) is 5.70. The number of fused-ring (bicyclic) bond motifs is 1. The monoisotopic (exact) mass is 348 g/mol. The molecular weight excluding hydrogens is 332 g/mol. The Morgan fingerprint density at radius 1 is 1.35 bits per heavy atom. The molecule has 0 bridgehead atoms. The molecule has 0 radical (unpaired) electrons. The molecule has 1 N–H and O–H groups in total. The number of nitrogens with zero attached hydrogens (tertiary/aromatic N) is 3. The van der Waals surface area contributed by atoms with Gasteiger partial charge in [0.05, 0.1) is 9.21 Å². The van der Waals surface area contributed by atoms with Gasteiger partial charge in [-0.3, -0.25) is 4.79 Å². The Morgan fingerprint density at radius 3 is 3.09 bits per heavy atom. The number of carbonyl (C=O) groups is 1. The molecule has 1 aliphatic carbocycles.